The number of benzene rings is 1. The van der Waals surface area contributed by atoms with Crippen LogP contribution in [0.15, 0.2) is 18.2 Å². The fourth-order valence-corrected chi connectivity index (χ4v) is 4.38. The number of hydrogen-bond acceptors (Lipinski definition) is 2. The van der Waals surface area contributed by atoms with E-state index in [1.807, 2.05) is 0 Å². The van der Waals surface area contributed by atoms with Gasteiger partial charge in [-0.2, -0.15) is 0 Å². The third kappa shape index (κ3) is 3.17. The molecule has 1 atom stereocenters. The molecule has 1 aromatic carbocycles. The molecular weight excluding hydrogens is 256 g/mol. The van der Waals surface area contributed by atoms with Crippen molar-refractivity contribution in [2.75, 3.05) is 13.1 Å². The first-order chi connectivity index (χ1) is 10.1. The fourth-order valence-electron chi connectivity index (χ4n) is 4.38. The van der Waals surface area contributed by atoms with Crippen LogP contribution in [0.4, 0.5) is 0 Å². The van der Waals surface area contributed by atoms with E-state index in [4.69, 9.17) is 0 Å². The molecule has 2 heteroatoms. The maximum atomic E-state index is 3.80. The number of hydrogen-bond donors (Lipinski definition) is 1. The highest BCUT2D eigenvalue weighted by molar-refractivity contribution is 5.28. The summed E-state index contributed by atoms with van der Waals surface area (Å²) in [6.45, 7) is 10.3. The van der Waals surface area contributed by atoms with Crippen molar-refractivity contribution in [2.45, 2.75) is 71.0 Å². The van der Waals surface area contributed by atoms with Crippen LogP contribution in [-0.2, 0) is 6.54 Å². The first kappa shape index (κ1) is 15.1. The molecule has 1 N–H and O–H groups in total. The molecule has 1 unspecified atom stereocenters. The van der Waals surface area contributed by atoms with Crippen LogP contribution < -0.4 is 5.32 Å². The van der Waals surface area contributed by atoms with Crippen LogP contribution in [0.1, 0.15) is 55.7 Å². The Hall–Kier alpha value is -0.860. The predicted molar refractivity (Wildman–Crippen MR) is 89.6 cm³/mol. The Morgan fingerprint density at radius 1 is 1.14 bits per heavy atom. The van der Waals surface area contributed by atoms with Crippen LogP contribution in [0.2, 0.25) is 0 Å². The molecule has 0 bridgehead atoms. The lowest BCUT2D eigenvalue weighted by Gasteiger charge is -2.48. The highest BCUT2D eigenvalue weighted by Gasteiger charge is 2.42. The van der Waals surface area contributed by atoms with E-state index in [9.17, 15) is 0 Å². The molecular formula is C19H30N2. The van der Waals surface area contributed by atoms with Gasteiger partial charge >= 0.3 is 0 Å². The average molecular weight is 286 g/mol. The molecule has 1 spiro atoms. The molecule has 1 saturated carbocycles. The highest BCUT2D eigenvalue weighted by Crippen LogP contribution is 2.38. The molecule has 1 saturated heterocycles. The minimum Gasteiger partial charge on any atom is -0.311 e. The summed E-state index contributed by atoms with van der Waals surface area (Å²) in [5, 5.41) is 3.80. The maximum absolute atomic E-state index is 3.80. The van der Waals surface area contributed by atoms with Crippen molar-refractivity contribution in [1.29, 1.82) is 0 Å². The van der Waals surface area contributed by atoms with Crippen LogP contribution in [0.5, 0.6) is 0 Å². The van der Waals surface area contributed by atoms with E-state index in [2.05, 4.69) is 49.2 Å². The third-order valence-corrected chi connectivity index (χ3v) is 5.51. The van der Waals surface area contributed by atoms with Gasteiger partial charge in [0.15, 0.2) is 0 Å². The Morgan fingerprint density at radius 3 is 2.43 bits per heavy atom. The van der Waals surface area contributed by atoms with Gasteiger partial charge in [0.05, 0.1) is 0 Å². The van der Waals surface area contributed by atoms with Crippen molar-refractivity contribution in [3.63, 3.8) is 0 Å². The van der Waals surface area contributed by atoms with Gasteiger partial charge in [-0.1, -0.05) is 49.1 Å². The van der Waals surface area contributed by atoms with Gasteiger partial charge in [-0.05, 0) is 38.7 Å². The Bertz CT molecular complexity index is 468. The molecule has 2 nitrogen and oxygen atoms in total. The lowest BCUT2D eigenvalue weighted by Crippen LogP contribution is -2.62. The van der Waals surface area contributed by atoms with Crippen molar-refractivity contribution in [3.05, 3.63) is 34.9 Å². The highest BCUT2D eigenvalue weighted by atomic mass is 15.3. The molecule has 3 rings (SSSR count). The molecule has 1 heterocycles. The average Bonchev–Trinajstić information content (AvgIpc) is 2.90. The quantitative estimate of drug-likeness (QED) is 0.909. The van der Waals surface area contributed by atoms with Gasteiger partial charge in [-0.25, -0.2) is 0 Å². The van der Waals surface area contributed by atoms with Gasteiger partial charge in [-0.3, -0.25) is 4.90 Å². The summed E-state index contributed by atoms with van der Waals surface area (Å²) in [4.78, 5) is 2.80. The molecule has 0 radical (unpaired) electrons. The predicted octanol–water partition coefficient (Wildman–Crippen LogP) is 3.80. The zero-order valence-corrected chi connectivity index (χ0v) is 13.9. The summed E-state index contributed by atoms with van der Waals surface area (Å²) < 4.78 is 0. The van der Waals surface area contributed by atoms with E-state index in [0.717, 1.165) is 6.54 Å². The smallest absolute Gasteiger partial charge is 0.0338 e. The zero-order chi connectivity index (χ0) is 14.9. The number of aryl methyl sites for hydroxylation is 2. The van der Waals surface area contributed by atoms with Gasteiger partial charge in [0.2, 0.25) is 0 Å². The number of rotatable bonds is 3. The monoisotopic (exact) mass is 286 g/mol. The fraction of sp³-hybridized carbons (Fsp3) is 0.684. The molecule has 0 amide bonds. The first-order valence-corrected chi connectivity index (χ1v) is 8.67. The normalized spacial score (nSPS) is 25.6. The second-order valence-electron chi connectivity index (χ2n) is 7.29. The van der Waals surface area contributed by atoms with Crippen LogP contribution in [0.3, 0.4) is 0 Å². The van der Waals surface area contributed by atoms with Crippen molar-refractivity contribution in [3.8, 4) is 0 Å². The van der Waals surface area contributed by atoms with E-state index < -0.39 is 0 Å². The van der Waals surface area contributed by atoms with E-state index in [-0.39, 0.29) is 0 Å². The number of nitrogens with one attached hydrogen (secondary N) is 1. The Labute approximate surface area is 129 Å². The standard InChI is InChI=1S/C19H30N2/c1-4-18-13-21(19(14-20-18)7-5-6-8-19)12-17-10-15(2)9-16(3)11-17/h9-11,18,20H,4-8,12-14H2,1-3H3. The zero-order valence-electron chi connectivity index (χ0n) is 13.9. The van der Waals surface area contributed by atoms with Crippen molar-refractivity contribution in [1.82, 2.24) is 10.2 Å². The van der Waals surface area contributed by atoms with E-state index in [1.165, 1.54) is 61.9 Å². The largest absolute Gasteiger partial charge is 0.311 e. The maximum Gasteiger partial charge on any atom is 0.0338 e. The molecule has 1 aromatic rings. The molecule has 1 aliphatic heterocycles. The van der Waals surface area contributed by atoms with E-state index >= 15 is 0 Å². The number of piperazine rings is 1. The topological polar surface area (TPSA) is 15.3 Å². The van der Waals surface area contributed by atoms with Crippen LogP contribution in [-0.4, -0.2) is 29.6 Å². The molecule has 2 aliphatic rings. The molecule has 0 aromatic heterocycles. The van der Waals surface area contributed by atoms with Crippen LogP contribution >= 0.6 is 0 Å². The SMILES string of the molecule is CCC1CN(Cc2cc(C)cc(C)c2)C2(CCCC2)CN1. The van der Waals surface area contributed by atoms with Crippen molar-refractivity contribution >= 4 is 0 Å². The second-order valence-corrected chi connectivity index (χ2v) is 7.29. The Morgan fingerprint density at radius 2 is 1.81 bits per heavy atom. The summed E-state index contributed by atoms with van der Waals surface area (Å²) in [5.74, 6) is 0. The summed E-state index contributed by atoms with van der Waals surface area (Å²) >= 11 is 0. The summed E-state index contributed by atoms with van der Waals surface area (Å²) in [6, 6.07) is 7.70. The summed E-state index contributed by atoms with van der Waals surface area (Å²) in [7, 11) is 0. The van der Waals surface area contributed by atoms with E-state index in [1.54, 1.807) is 0 Å². The molecule has 1 aliphatic carbocycles. The van der Waals surface area contributed by atoms with E-state index in [0.29, 0.717) is 11.6 Å². The lowest BCUT2D eigenvalue weighted by atomic mass is 9.89. The first-order valence-electron chi connectivity index (χ1n) is 8.67. The molecule has 21 heavy (non-hydrogen) atoms. The minimum absolute atomic E-state index is 0.434. The molecule has 116 valence electrons. The van der Waals surface area contributed by atoms with Crippen molar-refractivity contribution in [2.24, 2.45) is 0 Å². The van der Waals surface area contributed by atoms with Gasteiger partial charge in [0.1, 0.15) is 0 Å². The van der Waals surface area contributed by atoms with Gasteiger partial charge in [0, 0.05) is 31.2 Å². The van der Waals surface area contributed by atoms with Gasteiger partial charge < -0.3 is 5.32 Å². The van der Waals surface area contributed by atoms with Crippen molar-refractivity contribution < 1.29 is 0 Å². The minimum atomic E-state index is 0.434. The Kier molecular flexibility index (Phi) is 4.37. The summed E-state index contributed by atoms with van der Waals surface area (Å²) in [5.41, 5.74) is 4.72. The molecule has 2 fully saturated rings. The summed E-state index contributed by atoms with van der Waals surface area (Å²) in [6.07, 6.45) is 6.80. The van der Waals surface area contributed by atoms with Crippen LogP contribution in [0.25, 0.3) is 0 Å². The third-order valence-electron chi connectivity index (χ3n) is 5.51. The number of nitrogens with zero attached hydrogens (tertiary/aromatic N) is 1. The van der Waals surface area contributed by atoms with Crippen LogP contribution in [0, 0.1) is 13.8 Å². The Balaban J connectivity index is 1.81. The second kappa shape index (κ2) is 6.10. The lowest BCUT2D eigenvalue weighted by molar-refractivity contribution is 0.0349. The van der Waals surface area contributed by atoms with Gasteiger partial charge in [0.25, 0.3) is 0 Å². The van der Waals surface area contributed by atoms with Gasteiger partial charge in [-0.15, -0.1) is 0 Å².